The predicted octanol–water partition coefficient (Wildman–Crippen LogP) is 1.90. The molecule has 0 radical (unpaired) electrons. The van der Waals surface area contributed by atoms with Crippen molar-refractivity contribution in [2.75, 3.05) is 7.05 Å². The van der Waals surface area contributed by atoms with Crippen LogP contribution < -0.4 is 0 Å². The second-order valence-corrected chi connectivity index (χ2v) is 4.45. The molecule has 0 bridgehead atoms. The zero-order valence-electron chi connectivity index (χ0n) is 10.4. The number of amides is 1. The molecule has 19 heavy (non-hydrogen) atoms. The fraction of sp³-hybridized carbons (Fsp3) is 0.133. The fourth-order valence-electron chi connectivity index (χ4n) is 2.30. The first-order valence-corrected chi connectivity index (χ1v) is 5.97. The van der Waals surface area contributed by atoms with Crippen molar-refractivity contribution >= 4 is 5.91 Å². The highest BCUT2D eigenvalue weighted by atomic mass is 16.8. The van der Waals surface area contributed by atoms with Crippen LogP contribution >= 0.6 is 0 Å². The first-order chi connectivity index (χ1) is 9.13. The topological polar surface area (TPSA) is 49.8 Å². The van der Waals surface area contributed by atoms with E-state index >= 15 is 0 Å². The van der Waals surface area contributed by atoms with Gasteiger partial charge < -0.3 is 5.11 Å². The van der Waals surface area contributed by atoms with E-state index in [1.165, 1.54) is 7.05 Å². The summed E-state index contributed by atoms with van der Waals surface area (Å²) in [6.45, 7) is 0. The van der Waals surface area contributed by atoms with Crippen molar-refractivity contribution in [3.63, 3.8) is 0 Å². The number of carbonyl (C=O) groups is 1. The van der Waals surface area contributed by atoms with Crippen LogP contribution in [0.3, 0.4) is 0 Å². The molecular weight excluding hydrogens is 242 g/mol. The Hall–Kier alpha value is -2.17. The molecule has 1 aliphatic heterocycles. The number of hydrogen-bond acceptors (Lipinski definition) is 3. The highest BCUT2D eigenvalue weighted by Crippen LogP contribution is 2.37. The van der Waals surface area contributed by atoms with E-state index < -0.39 is 5.79 Å². The lowest BCUT2D eigenvalue weighted by Crippen LogP contribution is -2.46. The van der Waals surface area contributed by atoms with Gasteiger partial charge in [0.15, 0.2) is 0 Å². The molecule has 4 nitrogen and oxygen atoms in total. The summed E-state index contributed by atoms with van der Waals surface area (Å²) < 4.78 is 0. The molecule has 0 aromatic heterocycles. The van der Waals surface area contributed by atoms with Crippen LogP contribution in [-0.2, 0) is 10.6 Å². The lowest BCUT2D eigenvalue weighted by atomic mass is 9.92. The quantitative estimate of drug-likeness (QED) is 0.846. The number of nitrogens with zero attached hydrogens (tertiary/aromatic N) is 1. The van der Waals surface area contributed by atoms with Crippen LogP contribution in [0.25, 0.3) is 0 Å². The maximum Gasteiger partial charge on any atom is 0.277 e. The Morgan fingerprint density at radius 2 is 1.68 bits per heavy atom. The number of aliphatic hydroxyl groups is 1. The van der Waals surface area contributed by atoms with E-state index in [0.717, 1.165) is 5.06 Å². The maximum absolute atomic E-state index is 12.0. The molecule has 1 atom stereocenters. The van der Waals surface area contributed by atoms with Crippen molar-refractivity contribution in [1.29, 1.82) is 0 Å². The minimum Gasteiger partial charge on any atom is -0.357 e. The van der Waals surface area contributed by atoms with Crippen molar-refractivity contribution < 1.29 is 14.7 Å². The van der Waals surface area contributed by atoms with Gasteiger partial charge in [0.25, 0.3) is 5.91 Å². The summed E-state index contributed by atoms with van der Waals surface area (Å²) in [4.78, 5) is 17.5. The summed E-state index contributed by atoms with van der Waals surface area (Å²) in [5.41, 5.74) is 1.49. The van der Waals surface area contributed by atoms with Gasteiger partial charge in [-0.2, -0.15) is 0 Å². The van der Waals surface area contributed by atoms with Crippen molar-refractivity contribution in [2.24, 2.45) is 0 Å². The molecule has 2 aromatic rings. The monoisotopic (exact) mass is 255 g/mol. The standard InChI is InChI=1S/C15H13NO3/c1-16-14(17)12-9-5-6-10-13(12)15(18,19-16)11-7-3-2-4-8-11/h2-10,18H,1H3. The summed E-state index contributed by atoms with van der Waals surface area (Å²) in [6, 6.07) is 15.9. The number of hydroxylamine groups is 2. The first-order valence-electron chi connectivity index (χ1n) is 5.97. The minimum absolute atomic E-state index is 0.267. The van der Waals surface area contributed by atoms with Crippen molar-refractivity contribution in [3.05, 3.63) is 71.3 Å². The Balaban J connectivity index is 2.23. The lowest BCUT2D eigenvalue weighted by molar-refractivity contribution is -0.292. The van der Waals surface area contributed by atoms with Crippen LogP contribution in [0, 0.1) is 0 Å². The molecule has 0 aliphatic carbocycles. The van der Waals surface area contributed by atoms with Gasteiger partial charge >= 0.3 is 0 Å². The minimum atomic E-state index is -1.64. The van der Waals surface area contributed by atoms with E-state index in [4.69, 9.17) is 4.84 Å². The number of fused-ring (bicyclic) bond motifs is 1. The van der Waals surface area contributed by atoms with Gasteiger partial charge in [0, 0.05) is 18.2 Å². The number of carbonyl (C=O) groups excluding carboxylic acids is 1. The van der Waals surface area contributed by atoms with Crippen LogP contribution in [-0.4, -0.2) is 23.1 Å². The van der Waals surface area contributed by atoms with Gasteiger partial charge in [0.1, 0.15) is 0 Å². The van der Waals surface area contributed by atoms with Crippen molar-refractivity contribution in [2.45, 2.75) is 5.79 Å². The highest BCUT2D eigenvalue weighted by Gasteiger charge is 2.43. The molecule has 2 aromatic carbocycles. The molecule has 4 heteroatoms. The van der Waals surface area contributed by atoms with Crippen molar-refractivity contribution in [3.8, 4) is 0 Å². The molecule has 1 amide bonds. The Labute approximate surface area is 110 Å². The number of benzene rings is 2. The zero-order chi connectivity index (χ0) is 13.5. The van der Waals surface area contributed by atoms with Gasteiger partial charge in [-0.25, -0.2) is 9.90 Å². The average Bonchev–Trinajstić information content (AvgIpc) is 2.46. The molecule has 1 N–H and O–H groups in total. The smallest absolute Gasteiger partial charge is 0.277 e. The molecule has 0 spiro atoms. The number of rotatable bonds is 1. The lowest BCUT2D eigenvalue weighted by Gasteiger charge is -2.37. The van der Waals surface area contributed by atoms with Gasteiger partial charge in [-0.05, 0) is 6.07 Å². The van der Waals surface area contributed by atoms with Crippen molar-refractivity contribution in [1.82, 2.24) is 5.06 Å². The summed E-state index contributed by atoms with van der Waals surface area (Å²) in [6.07, 6.45) is 0. The molecule has 1 aliphatic rings. The van der Waals surface area contributed by atoms with E-state index in [-0.39, 0.29) is 5.91 Å². The summed E-state index contributed by atoms with van der Waals surface area (Å²) >= 11 is 0. The molecular formula is C15H13NO3. The molecule has 0 saturated heterocycles. The van der Waals surface area contributed by atoms with E-state index in [1.807, 2.05) is 18.2 Å². The van der Waals surface area contributed by atoms with E-state index in [9.17, 15) is 9.90 Å². The summed E-state index contributed by atoms with van der Waals surface area (Å²) in [5, 5.41) is 11.9. The summed E-state index contributed by atoms with van der Waals surface area (Å²) in [5.74, 6) is -1.91. The van der Waals surface area contributed by atoms with Crippen LogP contribution in [0.15, 0.2) is 54.6 Å². The average molecular weight is 255 g/mol. The Morgan fingerprint density at radius 3 is 2.42 bits per heavy atom. The third-order valence-corrected chi connectivity index (χ3v) is 3.24. The molecule has 0 fully saturated rings. The SMILES string of the molecule is CN1OC(O)(c2ccccc2)c2ccccc2C1=O. The molecule has 0 saturated carbocycles. The van der Waals surface area contributed by atoms with Crippen LogP contribution in [0.1, 0.15) is 21.5 Å². The molecule has 1 unspecified atom stereocenters. The second kappa shape index (κ2) is 4.19. The highest BCUT2D eigenvalue weighted by molar-refractivity contribution is 5.96. The third kappa shape index (κ3) is 1.73. The largest absolute Gasteiger partial charge is 0.357 e. The van der Waals surface area contributed by atoms with E-state index in [0.29, 0.717) is 16.7 Å². The maximum atomic E-state index is 12.0. The third-order valence-electron chi connectivity index (χ3n) is 3.24. The van der Waals surface area contributed by atoms with Gasteiger partial charge in [-0.15, -0.1) is 0 Å². The second-order valence-electron chi connectivity index (χ2n) is 4.45. The molecule has 96 valence electrons. The van der Waals surface area contributed by atoms with Gasteiger partial charge in [-0.3, -0.25) is 4.79 Å². The van der Waals surface area contributed by atoms with Gasteiger partial charge in [-0.1, -0.05) is 48.5 Å². The molecule has 1 heterocycles. The first kappa shape index (κ1) is 11.9. The predicted molar refractivity (Wildman–Crippen MR) is 69.1 cm³/mol. The normalized spacial score (nSPS) is 22.2. The van der Waals surface area contributed by atoms with Gasteiger partial charge in [0.05, 0.1) is 5.56 Å². The molecule has 3 rings (SSSR count). The Morgan fingerprint density at radius 1 is 1.05 bits per heavy atom. The Kier molecular flexibility index (Phi) is 2.62. The van der Waals surface area contributed by atoms with Crippen LogP contribution in [0.2, 0.25) is 0 Å². The van der Waals surface area contributed by atoms with Crippen LogP contribution in [0.5, 0.6) is 0 Å². The van der Waals surface area contributed by atoms with E-state index in [2.05, 4.69) is 0 Å². The Bertz CT molecular complexity index is 626. The zero-order valence-corrected chi connectivity index (χ0v) is 10.4. The van der Waals surface area contributed by atoms with Gasteiger partial charge in [0.2, 0.25) is 5.79 Å². The summed E-state index contributed by atoms with van der Waals surface area (Å²) in [7, 11) is 1.49. The number of hydrogen-bond donors (Lipinski definition) is 1. The fourth-order valence-corrected chi connectivity index (χ4v) is 2.30. The van der Waals surface area contributed by atoms with Crippen LogP contribution in [0.4, 0.5) is 0 Å². The van der Waals surface area contributed by atoms with E-state index in [1.54, 1.807) is 36.4 Å².